The van der Waals surface area contributed by atoms with Crippen LogP contribution in [0, 0.1) is 0 Å². The van der Waals surface area contributed by atoms with E-state index in [1.54, 1.807) is 33.5 Å². The van der Waals surface area contributed by atoms with Crippen molar-refractivity contribution in [3.05, 3.63) is 47.5 Å². The van der Waals surface area contributed by atoms with Crippen LogP contribution in [0.25, 0.3) is 0 Å². The largest absolute Gasteiger partial charge is 0.508 e. The van der Waals surface area contributed by atoms with Gasteiger partial charge < -0.3 is 25.1 Å². The summed E-state index contributed by atoms with van der Waals surface area (Å²) in [6.45, 7) is 0.501. The molecule has 2 rings (SSSR count). The Kier molecular flexibility index (Phi) is 5.71. The lowest BCUT2D eigenvalue weighted by Crippen LogP contribution is -2.15. The molecule has 0 saturated carbocycles. The summed E-state index contributed by atoms with van der Waals surface area (Å²) in [4.78, 5) is 0. The molecule has 0 aliphatic carbocycles. The zero-order chi connectivity index (χ0) is 16.8. The van der Waals surface area contributed by atoms with Crippen molar-refractivity contribution in [1.29, 1.82) is 0 Å². The smallest absolute Gasteiger partial charge is 0.203 e. The van der Waals surface area contributed by atoms with Gasteiger partial charge in [-0.1, -0.05) is 12.1 Å². The first kappa shape index (κ1) is 17.0. The Morgan fingerprint density at radius 2 is 1.52 bits per heavy atom. The average molecular weight is 317 g/mol. The predicted molar refractivity (Wildman–Crippen MR) is 89.7 cm³/mol. The van der Waals surface area contributed by atoms with E-state index in [0.29, 0.717) is 23.8 Å². The Balaban J connectivity index is 2.31. The first-order valence-electron chi connectivity index (χ1n) is 7.40. The highest BCUT2D eigenvalue weighted by molar-refractivity contribution is 5.54. The molecule has 5 nitrogen and oxygen atoms in total. The van der Waals surface area contributed by atoms with Gasteiger partial charge in [-0.05, 0) is 48.4 Å². The first-order valence-corrected chi connectivity index (χ1v) is 7.40. The molecule has 124 valence electrons. The van der Waals surface area contributed by atoms with E-state index < -0.39 is 0 Å². The summed E-state index contributed by atoms with van der Waals surface area (Å²) < 4.78 is 16.1. The van der Waals surface area contributed by atoms with Gasteiger partial charge in [-0.15, -0.1) is 0 Å². The number of hydrogen-bond donors (Lipinski definition) is 2. The highest BCUT2D eigenvalue weighted by atomic mass is 16.5. The molecule has 0 aromatic heterocycles. The third-order valence-electron chi connectivity index (χ3n) is 3.86. The Morgan fingerprint density at radius 1 is 0.957 bits per heavy atom. The Morgan fingerprint density at radius 3 is 1.96 bits per heavy atom. The molecule has 0 aliphatic heterocycles. The summed E-state index contributed by atoms with van der Waals surface area (Å²) in [7, 11) is 4.78. The van der Waals surface area contributed by atoms with E-state index in [-0.39, 0.29) is 11.7 Å². The van der Waals surface area contributed by atoms with Crippen LogP contribution in [-0.4, -0.2) is 33.0 Å². The number of phenols is 1. The molecule has 2 aromatic rings. The van der Waals surface area contributed by atoms with E-state index in [1.807, 2.05) is 24.3 Å². The summed E-state index contributed by atoms with van der Waals surface area (Å²) in [5.41, 5.74) is 8.07. The molecular formula is C18H23NO4. The van der Waals surface area contributed by atoms with E-state index in [0.717, 1.165) is 17.5 Å². The van der Waals surface area contributed by atoms with Crippen molar-refractivity contribution >= 4 is 0 Å². The molecule has 2 aromatic carbocycles. The van der Waals surface area contributed by atoms with Crippen LogP contribution < -0.4 is 19.9 Å². The summed E-state index contributed by atoms with van der Waals surface area (Å²) in [6.07, 6.45) is 0.734. The molecule has 0 saturated heterocycles. The number of phenolic OH excluding ortho intramolecular Hbond substituents is 1. The monoisotopic (exact) mass is 317 g/mol. The van der Waals surface area contributed by atoms with Crippen molar-refractivity contribution in [2.45, 2.75) is 12.3 Å². The fourth-order valence-corrected chi connectivity index (χ4v) is 2.62. The van der Waals surface area contributed by atoms with Crippen molar-refractivity contribution in [3.8, 4) is 23.0 Å². The van der Waals surface area contributed by atoms with Crippen molar-refractivity contribution in [3.63, 3.8) is 0 Å². The van der Waals surface area contributed by atoms with E-state index in [1.165, 1.54) is 0 Å². The molecule has 5 heteroatoms. The van der Waals surface area contributed by atoms with Gasteiger partial charge in [0.25, 0.3) is 0 Å². The third kappa shape index (κ3) is 3.87. The van der Waals surface area contributed by atoms with Gasteiger partial charge in [-0.3, -0.25) is 0 Å². The number of ether oxygens (including phenoxy) is 3. The highest BCUT2D eigenvalue weighted by Gasteiger charge is 2.16. The topological polar surface area (TPSA) is 73.9 Å². The summed E-state index contributed by atoms with van der Waals surface area (Å²) in [5.74, 6) is 2.22. The minimum absolute atomic E-state index is 0.137. The first-order chi connectivity index (χ1) is 11.1. The van der Waals surface area contributed by atoms with Crippen LogP contribution in [0.3, 0.4) is 0 Å². The summed E-state index contributed by atoms with van der Waals surface area (Å²) in [5, 5.41) is 9.42. The molecule has 1 atom stereocenters. The summed E-state index contributed by atoms with van der Waals surface area (Å²) >= 11 is 0. The lowest BCUT2D eigenvalue weighted by atomic mass is 9.91. The summed E-state index contributed by atoms with van der Waals surface area (Å²) in [6, 6.07) is 11.0. The van der Waals surface area contributed by atoms with Crippen molar-refractivity contribution in [1.82, 2.24) is 0 Å². The second-order valence-corrected chi connectivity index (χ2v) is 5.26. The van der Waals surface area contributed by atoms with Crippen molar-refractivity contribution in [2.75, 3.05) is 27.9 Å². The average Bonchev–Trinajstić information content (AvgIpc) is 2.59. The van der Waals surface area contributed by atoms with Gasteiger partial charge >= 0.3 is 0 Å². The van der Waals surface area contributed by atoms with Gasteiger partial charge in [0.1, 0.15) is 5.75 Å². The van der Waals surface area contributed by atoms with Crippen molar-refractivity contribution < 1.29 is 19.3 Å². The van der Waals surface area contributed by atoms with Gasteiger partial charge in [-0.25, -0.2) is 0 Å². The molecule has 0 aliphatic rings. The molecule has 23 heavy (non-hydrogen) atoms. The minimum Gasteiger partial charge on any atom is -0.508 e. The maximum Gasteiger partial charge on any atom is 0.203 e. The van der Waals surface area contributed by atoms with E-state index in [2.05, 4.69) is 0 Å². The normalized spacial score (nSPS) is 11.8. The lowest BCUT2D eigenvalue weighted by molar-refractivity contribution is 0.323. The van der Waals surface area contributed by atoms with Crippen LogP contribution in [0.4, 0.5) is 0 Å². The minimum atomic E-state index is 0.137. The Hall–Kier alpha value is -2.40. The fourth-order valence-electron chi connectivity index (χ4n) is 2.62. The molecular weight excluding hydrogens is 294 g/mol. The van der Waals surface area contributed by atoms with Crippen LogP contribution in [0.5, 0.6) is 23.0 Å². The Labute approximate surface area is 136 Å². The standard InChI is InChI=1S/C18H23NO4/c1-21-16-9-12(10-17(22-2)18(16)23-3)8-14(11-19)13-4-6-15(20)7-5-13/h4-7,9-10,14,20H,8,11,19H2,1-3H3. The molecule has 3 N–H and O–H groups in total. The van der Waals surface area contributed by atoms with E-state index in [4.69, 9.17) is 19.9 Å². The Bertz CT molecular complexity index is 615. The van der Waals surface area contributed by atoms with Crippen molar-refractivity contribution in [2.24, 2.45) is 5.73 Å². The highest BCUT2D eigenvalue weighted by Crippen LogP contribution is 2.39. The lowest BCUT2D eigenvalue weighted by Gasteiger charge is -2.18. The van der Waals surface area contributed by atoms with Crippen LogP contribution in [0.2, 0.25) is 0 Å². The van der Waals surface area contributed by atoms with Crippen LogP contribution in [0.15, 0.2) is 36.4 Å². The number of methoxy groups -OCH3 is 3. The van der Waals surface area contributed by atoms with Gasteiger partial charge in [0.05, 0.1) is 21.3 Å². The van der Waals surface area contributed by atoms with E-state index in [9.17, 15) is 5.11 Å². The number of nitrogens with two attached hydrogens (primary N) is 1. The van der Waals surface area contributed by atoms with E-state index >= 15 is 0 Å². The molecule has 1 unspecified atom stereocenters. The molecule has 0 spiro atoms. The van der Waals surface area contributed by atoms with Gasteiger partial charge in [0, 0.05) is 5.92 Å². The maximum atomic E-state index is 9.42. The molecule has 0 bridgehead atoms. The zero-order valence-corrected chi connectivity index (χ0v) is 13.7. The van der Waals surface area contributed by atoms with Crippen LogP contribution in [0.1, 0.15) is 17.0 Å². The van der Waals surface area contributed by atoms with Gasteiger partial charge in [0.15, 0.2) is 11.5 Å². The fraction of sp³-hybridized carbons (Fsp3) is 0.333. The number of rotatable bonds is 7. The molecule has 0 fully saturated rings. The predicted octanol–water partition coefficient (Wildman–Crippen LogP) is 2.70. The molecule has 0 heterocycles. The molecule has 0 radical (unpaired) electrons. The zero-order valence-electron chi connectivity index (χ0n) is 13.7. The number of aromatic hydroxyl groups is 1. The quantitative estimate of drug-likeness (QED) is 0.821. The SMILES string of the molecule is COc1cc(CC(CN)c2ccc(O)cc2)cc(OC)c1OC. The second kappa shape index (κ2) is 7.74. The molecule has 0 amide bonds. The van der Waals surface area contributed by atoms with Gasteiger partial charge in [0.2, 0.25) is 5.75 Å². The number of hydrogen-bond acceptors (Lipinski definition) is 5. The third-order valence-corrected chi connectivity index (χ3v) is 3.86. The maximum absolute atomic E-state index is 9.42. The second-order valence-electron chi connectivity index (χ2n) is 5.26. The number of benzene rings is 2. The van der Waals surface area contributed by atoms with Crippen LogP contribution in [-0.2, 0) is 6.42 Å². The van der Waals surface area contributed by atoms with Gasteiger partial charge in [-0.2, -0.15) is 0 Å². The van der Waals surface area contributed by atoms with Crippen LogP contribution >= 0.6 is 0 Å².